The Labute approximate surface area is 233 Å². The van der Waals surface area contributed by atoms with Crippen LogP contribution in [0, 0.1) is 3.57 Å². The standard InChI is InChI=1S/C28H23Cl2IN2O3/c1-2-35-26-13-18(12-25(31)28(26)36-17-21-10-11-22(29)15-24(21)30)16-32-33-27(34)14-20-8-5-7-19-6-3-4-9-23(19)20/h3-13,15-16H,2,14,17H2,1H3,(H,33,34)/b32-16-. The van der Waals surface area contributed by atoms with E-state index in [1.807, 2.05) is 67.6 Å². The van der Waals surface area contributed by atoms with Crippen LogP contribution < -0.4 is 14.9 Å². The molecule has 36 heavy (non-hydrogen) atoms. The molecule has 0 atom stereocenters. The molecule has 0 aliphatic rings. The number of benzene rings is 4. The first kappa shape index (κ1) is 26.3. The predicted octanol–water partition coefficient (Wildman–Crippen LogP) is 7.42. The Kier molecular flexibility index (Phi) is 9.07. The lowest BCUT2D eigenvalue weighted by atomic mass is 10.0. The number of amides is 1. The van der Waals surface area contributed by atoms with Crippen LogP contribution in [0.4, 0.5) is 0 Å². The molecule has 0 spiro atoms. The molecule has 4 rings (SSSR count). The summed E-state index contributed by atoms with van der Waals surface area (Å²) in [7, 11) is 0. The second kappa shape index (κ2) is 12.4. The number of nitrogens with zero attached hydrogens (tertiary/aromatic N) is 1. The summed E-state index contributed by atoms with van der Waals surface area (Å²) in [4.78, 5) is 12.5. The van der Waals surface area contributed by atoms with Gasteiger partial charge in [0.2, 0.25) is 5.91 Å². The van der Waals surface area contributed by atoms with Crippen LogP contribution in [0.3, 0.4) is 0 Å². The number of ether oxygens (including phenoxy) is 2. The smallest absolute Gasteiger partial charge is 0.244 e. The molecule has 1 amide bonds. The number of hydrogen-bond acceptors (Lipinski definition) is 4. The largest absolute Gasteiger partial charge is 0.490 e. The van der Waals surface area contributed by atoms with Gasteiger partial charge >= 0.3 is 0 Å². The number of halogens is 3. The number of carbonyl (C=O) groups excluding carboxylic acids is 1. The summed E-state index contributed by atoms with van der Waals surface area (Å²) < 4.78 is 12.7. The highest BCUT2D eigenvalue weighted by Gasteiger charge is 2.13. The van der Waals surface area contributed by atoms with Gasteiger partial charge in [0.15, 0.2) is 11.5 Å². The zero-order valence-corrected chi connectivity index (χ0v) is 23.1. The van der Waals surface area contributed by atoms with E-state index in [4.69, 9.17) is 32.7 Å². The van der Waals surface area contributed by atoms with Gasteiger partial charge in [-0.25, -0.2) is 5.43 Å². The van der Waals surface area contributed by atoms with E-state index >= 15 is 0 Å². The van der Waals surface area contributed by atoms with E-state index in [9.17, 15) is 4.79 Å². The minimum atomic E-state index is -0.192. The molecular weight excluding hydrogens is 610 g/mol. The molecule has 0 aliphatic carbocycles. The SMILES string of the molecule is CCOc1cc(/C=N\NC(=O)Cc2cccc3ccccc23)cc(I)c1OCc1ccc(Cl)cc1Cl. The maximum Gasteiger partial charge on any atom is 0.244 e. The van der Waals surface area contributed by atoms with E-state index in [1.165, 1.54) is 0 Å². The van der Waals surface area contributed by atoms with Crippen LogP contribution in [0.1, 0.15) is 23.6 Å². The highest BCUT2D eigenvalue weighted by molar-refractivity contribution is 14.1. The molecule has 0 heterocycles. The Balaban J connectivity index is 1.44. The topological polar surface area (TPSA) is 59.9 Å². The second-order valence-electron chi connectivity index (χ2n) is 7.90. The summed E-state index contributed by atoms with van der Waals surface area (Å²) in [6.07, 6.45) is 1.83. The van der Waals surface area contributed by atoms with Crippen LogP contribution in [0.2, 0.25) is 10.0 Å². The predicted molar refractivity (Wildman–Crippen MR) is 155 cm³/mol. The average Bonchev–Trinajstić information content (AvgIpc) is 2.85. The molecular formula is C28H23Cl2IN2O3. The van der Waals surface area contributed by atoms with Crippen molar-refractivity contribution in [1.82, 2.24) is 5.43 Å². The lowest BCUT2D eigenvalue weighted by Gasteiger charge is -2.15. The Bertz CT molecular complexity index is 1420. The summed E-state index contributed by atoms with van der Waals surface area (Å²) in [6, 6.07) is 23.0. The summed E-state index contributed by atoms with van der Waals surface area (Å²) in [5.74, 6) is 1.00. The van der Waals surface area contributed by atoms with Crippen LogP contribution in [-0.4, -0.2) is 18.7 Å². The fraction of sp³-hybridized carbons (Fsp3) is 0.143. The molecule has 4 aromatic rings. The summed E-state index contributed by atoms with van der Waals surface area (Å²) in [5.41, 5.74) is 5.16. The molecule has 184 valence electrons. The van der Waals surface area contributed by atoms with E-state index in [1.54, 1.807) is 18.3 Å². The lowest BCUT2D eigenvalue weighted by Crippen LogP contribution is -2.19. The van der Waals surface area contributed by atoms with E-state index in [2.05, 4.69) is 33.1 Å². The second-order valence-corrected chi connectivity index (χ2v) is 9.90. The van der Waals surface area contributed by atoms with Crippen molar-refractivity contribution in [2.24, 2.45) is 5.10 Å². The first-order valence-corrected chi connectivity index (χ1v) is 13.1. The third kappa shape index (κ3) is 6.69. The van der Waals surface area contributed by atoms with E-state index < -0.39 is 0 Å². The number of rotatable bonds is 9. The van der Waals surface area contributed by atoms with Gasteiger partial charge in [-0.05, 0) is 75.7 Å². The molecule has 4 aromatic carbocycles. The molecule has 8 heteroatoms. The summed E-state index contributed by atoms with van der Waals surface area (Å²) >= 11 is 14.4. The monoisotopic (exact) mass is 632 g/mol. The third-order valence-corrected chi connectivity index (χ3v) is 6.74. The zero-order valence-electron chi connectivity index (χ0n) is 19.4. The Hall–Kier alpha value is -2.81. The van der Waals surface area contributed by atoms with Gasteiger partial charge in [0.1, 0.15) is 6.61 Å². The molecule has 0 radical (unpaired) electrons. The highest BCUT2D eigenvalue weighted by atomic mass is 127. The molecule has 0 bridgehead atoms. The van der Waals surface area contributed by atoms with Crippen molar-refractivity contribution < 1.29 is 14.3 Å². The molecule has 0 saturated carbocycles. The lowest BCUT2D eigenvalue weighted by molar-refractivity contribution is -0.120. The average molecular weight is 633 g/mol. The van der Waals surface area contributed by atoms with Crippen LogP contribution in [-0.2, 0) is 17.8 Å². The summed E-state index contributed by atoms with van der Waals surface area (Å²) in [5, 5.41) is 7.42. The van der Waals surface area contributed by atoms with Crippen LogP contribution in [0.25, 0.3) is 10.8 Å². The van der Waals surface area contributed by atoms with Gasteiger partial charge in [0.05, 0.1) is 22.8 Å². The number of carbonyl (C=O) groups is 1. The van der Waals surface area contributed by atoms with Crippen molar-refractivity contribution >= 4 is 68.7 Å². The number of nitrogens with one attached hydrogen (secondary N) is 1. The zero-order chi connectivity index (χ0) is 25.5. The maximum atomic E-state index is 12.5. The van der Waals surface area contributed by atoms with Crippen LogP contribution >= 0.6 is 45.8 Å². The minimum Gasteiger partial charge on any atom is -0.490 e. The fourth-order valence-corrected chi connectivity index (χ4v) is 4.94. The molecule has 0 aliphatic heterocycles. The molecule has 5 nitrogen and oxygen atoms in total. The Morgan fingerprint density at radius 1 is 1.00 bits per heavy atom. The normalized spacial score (nSPS) is 11.1. The van der Waals surface area contributed by atoms with Crippen molar-refractivity contribution in [1.29, 1.82) is 0 Å². The first-order chi connectivity index (χ1) is 17.4. The van der Waals surface area contributed by atoms with Gasteiger partial charge < -0.3 is 9.47 Å². The van der Waals surface area contributed by atoms with Crippen molar-refractivity contribution in [2.45, 2.75) is 20.0 Å². The first-order valence-electron chi connectivity index (χ1n) is 11.3. The van der Waals surface area contributed by atoms with Gasteiger partial charge in [-0.2, -0.15) is 5.10 Å². The number of hydrogen-bond donors (Lipinski definition) is 1. The third-order valence-electron chi connectivity index (χ3n) is 5.35. The Morgan fingerprint density at radius 3 is 2.61 bits per heavy atom. The minimum absolute atomic E-state index is 0.192. The van der Waals surface area contributed by atoms with Gasteiger partial charge in [0.25, 0.3) is 0 Å². The van der Waals surface area contributed by atoms with Gasteiger partial charge in [-0.3, -0.25) is 4.79 Å². The van der Waals surface area contributed by atoms with Crippen LogP contribution in [0.5, 0.6) is 11.5 Å². The van der Waals surface area contributed by atoms with Crippen molar-refractivity contribution in [3.63, 3.8) is 0 Å². The molecule has 1 N–H and O–H groups in total. The van der Waals surface area contributed by atoms with E-state index in [0.29, 0.717) is 28.2 Å². The van der Waals surface area contributed by atoms with E-state index in [-0.39, 0.29) is 18.9 Å². The van der Waals surface area contributed by atoms with Crippen molar-refractivity contribution in [2.75, 3.05) is 6.61 Å². The molecule has 0 unspecified atom stereocenters. The maximum absolute atomic E-state index is 12.5. The summed E-state index contributed by atoms with van der Waals surface area (Å²) in [6.45, 7) is 2.64. The number of fused-ring (bicyclic) bond motifs is 1. The quantitative estimate of drug-likeness (QED) is 0.119. The van der Waals surface area contributed by atoms with Gasteiger partial charge in [-0.1, -0.05) is 71.7 Å². The number of hydrazone groups is 1. The fourth-order valence-electron chi connectivity index (χ4n) is 3.69. The van der Waals surface area contributed by atoms with Crippen molar-refractivity contribution in [3.8, 4) is 11.5 Å². The Morgan fingerprint density at radius 2 is 1.81 bits per heavy atom. The highest BCUT2D eigenvalue weighted by Crippen LogP contribution is 2.35. The van der Waals surface area contributed by atoms with Gasteiger partial charge in [-0.15, -0.1) is 0 Å². The van der Waals surface area contributed by atoms with Crippen LogP contribution in [0.15, 0.2) is 77.9 Å². The molecule has 0 aromatic heterocycles. The molecule has 0 fully saturated rings. The molecule has 0 saturated heterocycles. The van der Waals surface area contributed by atoms with Gasteiger partial charge in [0, 0.05) is 15.6 Å². The van der Waals surface area contributed by atoms with E-state index in [0.717, 1.165) is 31.0 Å². The van der Waals surface area contributed by atoms with Crippen molar-refractivity contribution in [3.05, 3.63) is 103 Å².